The third kappa shape index (κ3) is 2.60. The SMILES string of the molecule is COC(=O)c1cnc(N2CC[C@H](N3CCCC3)C2)cn1. The van der Waals surface area contributed by atoms with Crippen LogP contribution in [0, 0.1) is 0 Å². The van der Waals surface area contributed by atoms with Gasteiger partial charge in [-0.15, -0.1) is 0 Å². The number of methoxy groups -OCH3 is 1. The first-order chi connectivity index (χ1) is 9.78. The maximum absolute atomic E-state index is 11.3. The highest BCUT2D eigenvalue weighted by atomic mass is 16.5. The minimum Gasteiger partial charge on any atom is -0.464 e. The van der Waals surface area contributed by atoms with E-state index in [2.05, 4.69) is 24.5 Å². The van der Waals surface area contributed by atoms with Gasteiger partial charge in [-0.2, -0.15) is 0 Å². The van der Waals surface area contributed by atoms with Crippen molar-refractivity contribution in [1.29, 1.82) is 0 Å². The molecule has 0 bridgehead atoms. The fourth-order valence-corrected chi connectivity index (χ4v) is 3.05. The van der Waals surface area contributed by atoms with Gasteiger partial charge in [-0.25, -0.2) is 14.8 Å². The normalized spacial score (nSPS) is 23.2. The monoisotopic (exact) mass is 276 g/mol. The molecule has 2 saturated heterocycles. The number of anilines is 1. The molecule has 1 aromatic heterocycles. The Kier molecular flexibility index (Phi) is 3.82. The number of likely N-dealkylation sites (tertiary alicyclic amines) is 1. The largest absolute Gasteiger partial charge is 0.464 e. The minimum atomic E-state index is -0.444. The molecule has 0 radical (unpaired) electrons. The van der Waals surface area contributed by atoms with Crippen LogP contribution in [0.2, 0.25) is 0 Å². The van der Waals surface area contributed by atoms with Crippen molar-refractivity contribution in [2.75, 3.05) is 38.2 Å². The van der Waals surface area contributed by atoms with Gasteiger partial charge in [-0.05, 0) is 32.4 Å². The second-order valence-corrected chi connectivity index (χ2v) is 5.38. The number of rotatable bonds is 3. The number of hydrogen-bond acceptors (Lipinski definition) is 6. The Balaban J connectivity index is 1.63. The molecule has 108 valence electrons. The molecule has 0 aliphatic carbocycles. The number of nitrogens with zero attached hydrogens (tertiary/aromatic N) is 4. The second-order valence-electron chi connectivity index (χ2n) is 5.38. The van der Waals surface area contributed by atoms with E-state index in [1.807, 2.05) is 0 Å². The molecule has 6 heteroatoms. The van der Waals surface area contributed by atoms with E-state index in [1.54, 1.807) is 6.20 Å². The predicted molar refractivity (Wildman–Crippen MR) is 74.8 cm³/mol. The van der Waals surface area contributed by atoms with Crippen molar-refractivity contribution >= 4 is 11.8 Å². The lowest BCUT2D eigenvalue weighted by Crippen LogP contribution is -2.35. The fourth-order valence-electron chi connectivity index (χ4n) is 3.05. The Morgan fingerprint density at radius 1 is 1.25 bits per heavy atom. The van der Waals surface area contributed by atoms with Crippen LogP contribution in [0.1, 0.15) is 29.8 Å². The second kappa shape index (κ2) is 5.75. The van der Waals surface area contributed by atoms with E-state index in [-0.39, 0.29) is 5.69 Å². The molecule has 1 atom stereocenters. The molecular formula is C14H20N4O2. The summed E-state index contributed by atoms with van der Waals surface area (Å²) in [5.41, 5.74) is 0.256. The molecule has 2 aliphatic heterocycles. The summed E-state index contributed by atoms with van der Waals surface area (Å²) in [6.45, 7) is 4.47. The highest BCUT2D eigenvalue weighted by Crippen LogP contribution is 2.23. The van der Waals surface area contributed by atoms with Crippen molar-refractivity contribution < 1.29 is 9.53 Å². The van der Waals surface area contributed by atoms with Crippen LogP contribution in [0.25, 0.3) is 0 Å². The Morgan fingerprint density at radius 3 is 2.70 bits per heavy atom. The van der Waals surface area contributed by atoms with Gasteiger partial charge in [0.05, 0.1) is 19.5 Å². The van der Waals surface area contributed by atoms with Crippen LogP contribution in [-0.2, 0) is 4.74 Å². The number of carbonyl (C=O) groups is 1. The van der Waals surface area contributed by atoms with Crippen LogP contribution < -0.4 is 4.90 Å². The number of esters is 1. The van der Waals surface area contributed by atoms with E-state index in [9.17, 15) is 4.79 Å². The summed E-state index contributed by atoms with van der Waals surface area (Å²) in [7, 11) is 1.35. The predicted octanol–water partition coefficient (Wildman–Crippen LogP) is 0.938. The molecular weight excluding hydrogens is 256 g/mol. The van der Waals surface area contributed by atoms with Crippen molar-refractivity contribution in [2.24, 2.45) is 0 Å². The topological polar surface area (TPSA) is 58.6 Å². The Morgan fingerprint density at radius 2 is 2.05 bits per heavy atom. The van der Waals surface area contributed by atoms with Gasteiger partial charge in [0.15, 0.2) is 5.69 Å². The lowest BCUT2D eigenvalue weighted by atomic mass is 10.2. The van der Waals surface area contributed by atoms with Crippen LogP contribution in [0.3, 0.4) is 0 Å². The number of carbonyl (C=O) groups excluding carboxylic acids is 1. The van der Waals surface area contributed by atoms with Crippen molar-refractivity contribution in [3.63, 3.8) is 0 Å². The zero-order valence-electron chi connectivity index (χ0n) is 11.8. The molecule has 3 heterocycles. The van der Waals surface area contributed by atoms with E-state index in [4.69, 9.17) is 0 Å². The quantitative estimate of drug-likeness (QED) is 0.766. The van der Waals surface area contributed by atoms with Crippen molar-refractivity contribution in [3.05, 3.63) is 18.1 Å². The lowest BCUT2D eigenvalue weighted by molar-refractivity contribution is 0.0593. The molecule has 1 aromatic rings. The first-order valence-corrected chi connectivity index (χ1v) is 7.17. The maximum atomic E-state index is 11.3. The highest BCUT2D eigenvalue weighted by Gasteiger charge is 2.29. The summed E-state index contributed by atoms with van der Waals surface area (Å²) in [6, 6.07) is 0.639. The van der Waals surface area contributed by atoms with Gasteiger partial charge in [0.1, 0.15) is 5.82 Å². The highest BCUT2D eigenvalue weighted by molar-refractivity contribution is 5.86. The van der Waals surface area contributed by atoms with Gasteiger partial charge in [0, 0.05) is 19.1 Å². The van der Waals surface area contributed by atoms with E-state index >= 15 is 0 Å². The van der Waals surface area contributed by atoms with Crippen LogP contribution in [0.15, 0.2) is 12.4 Å². The third-order valence-corrected chi connectivity index (χ3v) is 4.18. The summed E-state index contributed by atoms with van der Waals surface area (Å²) >= 11 is 0. The smallest absolute Gasteiger partial charge is 0.358 e. The van der Waals surface area contributed by atoms with Gasteiger partial charge in [0.2, 0.25) is 0 Å². The fraction of sp³-hybridized carbons (Fsp3) is 0.643. The van der Waals surface area contributed by atoms with Crippen LogP contribution >= 0.6 is 0 Å². The van der Waals surface area contributed by atoms with Gasteiger partial charge in [-0.1, -0.05) is 0 Å². The van der Waals surface area contributed by atoms with Gasteiger partial charge in [-0.3, -0.25) is 4.90 Å². The Hall–Kier alpha value is -1.69. The first kappa shape index (κ1) is 13.3. The molecule has 0 unspecified atom stereocenters. The molecule has 20 heavy (non-hydrogen) atoms. The summed E-state index contributed by atoms with van der Waals surface area (Å²) in [5, 5.41) is 0. The first-order valence-electron chi connectivity index (χ1n) is 7.17. The van der Waals surface area contributed by atoms with Gasteiger partial charge >= 0.3 is 5.97 Å². The standard InChI is InChI=1S/C14H20N4O2/c1-20-14(19)12-8-16-13(9-15-12)18-7-4-11(10-18)17-5-2-3-6-17/h8-9,11H,2-7,10H2,1H3/t11-/m0/s1. The van der Waals surface area contributed by atoms with Crippen LogP contribution in [-0.4, -0.2) is 60.2 Å². The minimum absolute atomic E-state index is 0.256. The third-order valence-electron chi connectivity index (χ3n) is 4.18. The summed E-state index contributed by atoms with van der Waals surface area (Å²) in [4.78, 5) is 24.6. The van der Waals surface area contributed by atoms with E-state index in [0.717, 1.165) is 18.9 Å². The summed E-state index contributed by atoms with van der Waals surface area (Å²) < 4.78 is 4.62. The molecule has 3 rings (SSSR count). The van der Waals surface area contributed by atoms with E-state index in [1.165, 1.54) is 45.7 Å². The lowest BCUT2D eigenvalue weighted by Gasteiger charge is -2.23. The number of hydrogen-bond donors (Lipinski definition) is 0. The average Bonchev–Trinajstić information content (AvgIpc) is 3.17. The van der Waals surface area contributed by atoms with Crippen molar-refractivity contribution in [2.45, 2.75) is 25.3 Å². The zero-order valence-corrected chi connectivity index (χ0v) is 11.8. The number of aromatic nitrogens is 2. The molecule has 0 aromatic carbocycles. The molecule has 2 fully saturated rings. The molecule has 0 saturated carbocycles. The maximum Gasteiger partial charge on any atom is 0.358 e. The molecule has 0 amide bonds. The number of ether oxygens (including phenoxy) is 1. The van der Waals surface area contributed by atoms with E-state index in [0.29, 0.717) is 6.04 Å². The summed E-state index contributed by atoms with van der Waals surface area (Å²) in [6.07, 6.45) is 6.98. The van der Waals surface area contributed by atoms with Gasteiger partial charge < -0.3 is 9.64 Å². The van der Waals surface area contributed by atoms with Crippen molar-refractivity contribution in [3.8, 4) is 0 Å². The van der Waals surface area contributed by atoms with Crippen LogP contribution in [0.5, 0.6) is 0 Å². The molecule has 0 spiro atoms. The Labute approximate surface area is 118 Å². The zero-order chi connectivity index (χ0) is 13.9. The average molecular weight is 276 g/mol. The molecule has 6 nitrogen and oxygen atoms in total. The summed E-state index contributed by atoms with van der Waals surface area (Å²) in [5.74, 6) is 0.403. The Bertz CT molecular complexity index is 471. The molecule has 2 aliphatic rings. The van der Waals surface area contributed by atoms with Crippen molar-refractivity contribution in [1.82, 2.24) is 14.9 Å². The van der Waals surface area contributed by atoms with Gasteiger partial charge in [0.25, 0.3) is 0 Å². The van der Waals surface area contributed by atoms with E-state index < -0.39 is 5.97 Å². The van der Waals surface area contributed by atoms with Crippen LogP contribution in [0.4, 0.5) is 5.82 Å². The molecule has 0 N–H and O–H groups in total.